The maximum atomic E-state index is 11.8. The van der Waals surface area contributed by atoms with Crippen LogP contribution in [0.3, 0.4) is 0 Å². The number of benzene rings is 1. The van der Waals surface area contributed by atoms with Crippen LogP contribution in [0.5, 0.6) is 0 Å². The topological polar surface area (TPSA) is 59.4 Å². The third-order valence-corrected chi connectivity index (χ3v) is 5.45. The molecular formula is C22H22N4O2S. The van der Waals surface area contributed by atoms with Crippen molar-refractivity contribution in [2.24, 2.45) is 0 Å². The normalized spacial score (nSPS) is 18.5. The minimum atomic E-state index is -0.258. The van der Waals surface area contributed by atoms with E-state index in [4.69, 9.17) is 17.0 Å². The Balaban J connectivity index is 1.75. The van der Waals surface area contributed by atoms with Crippen molar-refractivity contribution in [3.63, 3.8) is 0 Å². The molecule has 6 nitrogen and oxygen atoms in total. The summed E-state index contributed by atoms with van der Waals surface area (Å²) >= 11 is 5.64. The number of esters is 1. The van der Waals surface area contributed by atoms with Crippen LogP contribution in [-0.2, 0) is 9.53 Å². The first-order chi connectivity index (χ1) is 14.2. The number of rotatable bonds is 6. The standard InChI is InChI=1S/C22H22N4O2S/c1-28-19(27)12-15-26-21(20(24-22(26)29)17-10-5-6-13-23-17)18-11-7-14-25(18)16-8-3-2-4-9-16/h2-11,13-14,20-21H,12,15H2,1H3,(H,24,29)/t20-,21+/m0/s1. The highest BCUT2D eigenvalue weighted by Gasteiger charge is 2.41. The van der Waals surface area contributed by atoms with Crippen LogP contribution in [0.1, 0.15) is 29.9 Å². The zero-order chi connectivity index (χ0) is 20.2. The van der Waals surface area contributed by atoms with Gasteiger partial charge < -0.3 is 19.5 Å². The van der Waals surface area contributed by atoms with Gasteiger partial charge in [-0.3, -0.25) is 9.78 Å². The summed E-state index contributed by atoms with van der Waals surface area (Å²) in [6.07, 6.45) is 4.08. The van der Waals surface area contributed by atoms with Gasteiger partial charge in [0.25, 0.3) is 0 Å². The maximum absolute atomic E-state index is 11.8. The van der Waals surface area contributed by atoms with Gasteiger partial charge in [0, 0.05) is 30.3 Å². The largest absolute Gasteiger partial charge is 0.469 e. The Morgan fingerprint density at radius 2 is 1.93 bits per heavy atom. The van der Waals surface area contributed by atoms with E-state index in [1.54, 1.807) is 6.20 Å². The summed E-state index contributed by atoms with van der Waals surface area (Å²) < 4.78 is 6.98. The van der Waals surface area contributed by atoms with Gasteiger partial charge in [0.05, 0.1) is 31.3 Å². The molecule has 148 valence electrons. The Labute approximate surface area is 175 Å². The van der Waals surface area contributed by atoms with Crippen molar-refractivity contribution in [1.82, 2.24) is 19.8 Å². The van der Waals surface area contributed by atoms with E-state index in [1.807, 2.05) is 48.7 Å². The van der Waals surface area contributed by atoms with Crippen molar-refractivity contribution in [2.75, 3.05) is 13.7 Å². The van der Waals surface area contributed by atoms with Gasteiger partial charge in [0.1, 0.15) is 0 Å². The molecule has 1 N–H and O–H groups in total. The Hall–Kier alpha value is -3.19. The quantitative estimate of drug-likeness (QED) is 0.500. The number of nitrogens with zero attached hydrogens (tertiary/aromatic N) is 3. The number of para-hydroxylation sites is 1. The lowest BCUT2D eigenvalue weighted by molar-refractivity contribution is -0.140. The zero-order valence-electron chi connectivity index (χ0n) is 16.1. The Morgan fingerprint density at radius 3 is 2.66 bits per heavy atom. The number of aromatic nitrogens is 2. The molecule has 0 saturated carbocycles. The van der Waals surface area contributed by atoms with Gasteiger partial charge in [-0.2, -0.15) is 0 Å². The number of ether oxygens (including phenoxy) is 1. The summed E-state index contributed by atoms with van der Waals surface area (Å²) in [6, 6.07) is 19.9. The molecule has 1 aliphatic rings. The number of carbonyl (C=O) groups is 1. The van der Waals surface area contributed by atoms with E-state index >= 15 is 0 Å². The van der Waals surface area contributed by atoms with Crippen molar-refractivity contribution >= 4 is 23.3 Å². The van der Waals surface area contributed by atoms with Gasteiger partial charge in [0.15, 0.2) is 5.11 Å². The molecule has 0 radical (unpaired) electrons. The highest BCUT2D eigenvalue weighted by Crippen LogP contribution is 2.39. The van der Waals surface area contributed by atoms with E-state index in [-0.39, 0.29) is 24.5 Å². The number of nitrogens with one attached hydrogen (secondary N) is 1. The van der Waals surface area contributed by atoms with Crippen LogP contribution in [0.4, 0.5) is 0 Å². The maximum Gasteiger partial charge on any atom is 0.307 e. The predicted molar refractivity (Wildman–Crippen MR) is 115 cm³/mol. The summed E-state index contributed by atoms with van der Waals surface area (Å²) in [5.41, 5.74) is 3.04. The van der Waals surface area contributed by atoms with Crippen LogP contribution in [0.15, 0.2) is 73.1 Å². The molecule has 4 rings (SSSR count). The molecule has 1 aromatic carbocycles. The first-order valence-electron chi connectivity index (χ1n) is 9.46. The fraction of sp³-hybridized carbons (Fsp3) is 0.227. The number of hydrogen-bond donors (Lipinski definition) is 1. The molecule has 1 aliphatic heterocycles. The van der Waals surface area contributed by atoms with Crippen molar-refractivity contribution in [1.29, 1.82) is 0 Å². The number of thiocarbonyl (C=S) groups is 1. The molecule has 1 saturated heterocycles. The van der Waals surface area contributed by atoms with Gasteiger partial charge in [0.2, 0.25) is 0 Å². The summed E-state index contributed by atoms with van der Waals surface area (Å²) in [5.74, 6) is -0.258. The average Bonchev–Trinajstić information content (AvgIpc) is 3.37. The first kappa shape index (κ1) is 19.1. The molecular weight excluding hydrogens is 384 g/mol. The van der Waals surface area contributed by atoms with Crippen LogP contribution in [0, 0.1) is 0 Å². The molecule has 2 aromatic heterocycles. The van der Waals surface area contributed by atoms with Gasteiger partial charge in [-0.05, 0) is 48.6 Å². The summed E-state index contributed by atoms with van der Waals surface area (Å²) in [5, 5.41) is 4.02. The minimum absolute atomic E-state index is 0.114. The van der Waals surface area contributed by atoms with Crippen molar-refractivity contribution < 1.29 is 9.53 Å². The monoisotopic (exact) mass is 406 g/mol. The summed E-state index contributed by atoms with van der Waals surface area (Å²) in [6.45, 7) is 0.465. The SMILES string of the molecule is COC(=O)CCN1C(=S)N[C@@H](c2ccccn2)[C@H]1c1cccn1-c1ccccc1. The van der Waals surface area contributed by atoms with Crippen molar-refractivity contribution in [2.45, 2.75) is 18.5 Å². The highest BCUT2D eigenvalue weighted by atomic mass is 32.1. The summed E-state index contributed by atoms with van der Waals surface area (Å²) in [4.78, 5) is 18.4. The molecule has 1 fully saturated rings. The Morgan fingerprint density at radius 1 is 1.14 bits per heavy atom. The second-order valence-electron chi connectivity index (χ2n) is 6.78. The summed E-state index contributed by atoms with van der Waals surface area (Å²) in [7, 11) is 1.40. The van der Waals surface area contributed by atoms with Gasteiger partial charge in [-0.15, -0.1) is 0 Å². The average molecular weight is 407 g/mol. The second kappa shape index (κ2) is 8.45. The van der Waals surface area contributed by atoms with Crippen LogP contribution < -0.4 is 5.32 Å². The minimum Gasteiger partial charge on any atom is -0.469 e. The fourth-order valence-corrected chi connectivity index (χ4v) is 4.07. The van der Waals surface area contributed by atoms with Crippen LogP contribution in [0.2, 0.25) is 0 Å². The van der Waals surface area contributed by atoms with E-state index < -0.39 is 0 Å². The first-order valence-corrected chi connectivity index (χ1v) is 9.87. The van der Waals surface area contributed by atoms with Crippen LogP contribution >= 0.6 is 12.2 Å². The van der Waals surface area contributed by atoms with E-state index in [2.05, 4.69) is 38.0 Å². The van der Waals surface area contributed by atoms with Crippen LogP contribution in [-0.4, -0.2) is 39.2 Å². The molecule has 3 aromatic rings. The van der Waals surface area contributed by atoms with Crippen molar-refractivity contribution in [3.05, 3.63) is 84.4 Å². The van der Waals surface area contributed by atoms with E-state index in [9.17, 15) is 4.79 Å². The Bertz CT molecular complexity index is 990. The molecule has 0 amide bonds. The fourth-order valence-electron chi connectivity index (χ4n) is 3.74. The van der Waals surface area contributed by atoms with Crippen LogP contribution in [0.25, 0.3) is 5.69 Å². The van der Waals surface area contributed by atoms with Gasteiger partial charge >= 0.3 is 5.97 Å². The zero-order valence-corrected chi connectivity index (χ0v) is 16.9. The molecule has 29 heavy (non-hydrogen) atoms. The Kier molecular flexibility index (Phi) is 5.57. The number of pyridine rings is 1. The van der Waals surface area contributed by atoms with Gasteiger partial charge in [-0.25, -0.2) is 0 Å². The highest BCUT2D eigenvalue weighted by molar-refractivity contribution is 7.80. The molecule has 3 heterocycles. The van der Waals surface area contributed by atoms with E-state index in [0.717, 1.165) is 17.1 Å². The third kappa shape index (κ3) is 3.86. The lowest BCUT2D eigenvalue weighted by atomic mass is 10.0. The molecule has 0 unspecified atom stereocenters. The number of carbonyl (C=O) groups excluding carboxylic acids is 1. The number of hydrogen-bond acceptors (Lipinski definition) is 4. The molecule has 0 bridgehead atoms. The smallest absolute Gasteiger partial charge is 0.307 e. The van der Waals surface area contributed by atoms with Gasteiger partial charge in [-0.1, -0.05) is 24.3 Å². The lowest BCUT2D eigenvalue weighted by Crippen LogP contribution is -2.32. The molecule has 0 aliphatic carbocycles. The molecule has 7 heteroatoms. The number of methoxy groups -OCH3 is 1. The lowest BCUT2D eigenvalue weighted by Gasteiger charge is -2.28. The van der Waals surface area contributed by atoms with E-state index in [0.29, 0.717) is 11.7 Å². The molecule has 0 spiro atoms. The predicted octanol–water partition coefficient (Wildman–Crippen LogP) is 3.41. The van der Waals surface area contributed by atoms with E-state index in [1.165, 1.54) is 7.11 Å². The molecule has 2 atom stereocenters. The second-order valence-corrected chi connectivity index (χ2v) is 7.17. The van der Waals surface area contributed by atoms with Crippen molar-refractivity contribution in [3.8, 4) is 5.69 Å². The third-order valence-electron chi connectivity index (χ3n) is 5.10.